The van der Waals surface area contributed by atoms with Crippen LogP contribution in [0.3, 0.4) is 0 Å². The van der Waals surface area contributed by atoms with Crippen LogP contribution in [0.25, 0.3) is 0 Å². The number of nitrogens with two attached hydrogens (primary N) is 1. The Hall–Kier alpha value is -0.410. The van der Waals surface area contributed by atoms with Crippen molar-refractivity contribution < 1.29 is 0 Å². The summed E-state index contributed by atoms with van der Waals surface area (Å²) in [6.45, 7) is 8.76. The molecular formula is C12H20N2S. The van der Waals surface area contributed by atoms with Crippen LogP contribution in [0.15, 0.2) is 0 Å². The van der Waals surface area contributed by atoms with Crippen LogP contribution < -0.4 is 5.73 Å². The standard InChI is InChI=1S/C12H20N2S/c1-5-12(4,13)10-14-9-8(15-10)6-7-11(9,2)3/h5-7,13H2,1-4H3. The van der Waals surface area contributed by atoms with Gasteiger partial charge in [0, 0.05) is 10.3 Å². The Morgan fingerprint density at radius 3 is 2.73 bits per heavy atom. The van der Waals surface area contributed by atoms with Gasteiger partial charge in [-0.1, -0.05) is 20.8 Å². The quantitative estimate of drug-likeness (QED) is 0.839. The number of hydrogen-bond acceptors (Lipinski definition) is 3. The zero-order chi connectivity index (χ0) is 11.3. The van der Waals surface area contributed by atoms with E-state index in [1.807, 2.05) is 11.3 Å². The van der Waals surface area contributed by atoms with Crippen molar-refractivity contribution in [3.8, 4) is 0 Å². The number of nitrogens with zero attached hydrogens (tertiary/aromatic N) is 1. The van der Waals surface area contributed by atoms with Gasteiger partial charge in [-0.15, -0.1) is 11.3 Å². The number of thiazole rings is 1. The van der Waals surface area contributed by atoms with Crippen molar-refractivity contribution in [2.75, 3.05) is 0 Å². The number of hydrogen-bond donors (Lipinski definition) is 1. The molecule has 1 aromatic rings. The molecule has 3 heteroatoms. The molecule has 0 aromatic carbocycles. The van der Waals surface area contributed by atoms with E-state index in [1.165, 1.54) is 23.4 Å². The lowest BCUT2D eigenvalue weighted by atomic mass is 9.91. The third kappa shape index (κ3) is 1.72. The van der Waals surface area contributed by atoms with E-state index >= 15 is 0 Å². The second-order valence-electron chi connectivity index (χ2n) is 5.45. The van der Waals surface area contributed by atoms with E-state index in [0.29, 0.717) is 0 Å². The Balaban J connectivity index is 2.41. The minimum absolute atomic E-state index is 0.245. The summed E-state index contributed by atoms with van der Waals surface area (Å²) in [6, 6.07) is 0. The minimum Gasteiger partial charge on any atom is -0.320 e. The molecule has 84 valence electrons. The van der Waals surface area contributed by atoms with Gasteiger partial charge >= 0.3 is 0 Å². The van der Waals surface area contributed by atoms with Crippen LogP contribution in [0.5, 0.6) is 0 Å². The Morgan fingerprint density at radius 1 is 1.53 bits per heavy atom. The minimum atomic E-state index is -0.245. The molecule has 0 saturated carbocycles. The van der Waals surface area contributed by atoms with Crippen LogP contribution in [0.2, 0.25) is 0 Å². The molecular weight excluding hydrogens is 204 g/mol. The number of aromatic nitrogens is 1. The van der Waals surface area contributed by atoms with E-state index in [2.05, 4.69) is 27.7 Å². The molecule has 0 amide bonds. The fraction of sp³-hybridized carbons (Fsp3) is 0.750. The first-order chi connectivity index (χ1) is 6.87. The molecule has 15 heavy (non-hydrogen) atoms. The van der Waals surface area contributed by atoms with E-state index in [-0.39, 0.29) is 11.0 Å². The monoisotopic (exact) mass is 224 g/mol. The third-order valence-electron chi connectivity index (χ3n) is 3.54. The Morgan fingerprint density at radius 2 is 2.20 bits per heavy atom. The molecule has 0 fully saturated rings. The normalized spacial score (nSPS) is 22.5. The van der Waals surface area contributed by atoms with E-state index in [1.54, 1.807) is 0 Å². The third-order valence-corrected chi connectivity index (χ3v) is 4.93. The van der Waals surface area contributed by atoms with Gasteiger partial charge in [0.1, 0.15) is 5.01 Å². The predicted octanol–water partition coefficient (Wildman–Crippen LogP) is 2.95. The zero-order valence-corrected chi connectivity index (χ0v) is 10.9. The second-order valence-corrected chi connectivity index (χ2v) is 6.53. The van der Waals surface area contributed by atoms with Crippen LogP contribution in [-0.2, 0) is 17.4 Å². The van der Waals surface area contributed by atoms with E-state index < -0.39 is 0 Å². The van der Waals surface area contributed by atoms with Gasteiger partial charge in [-0.3, -0.25) is 0 Å². The van der Waals surface area contributed by atoms with Gasteiger partial charge in [-0.05, 0) is 26.2 Å². The molecule has 2 rings (SSSR count). The molecule has 0 saturated heterocycles. The maximum absolute atomic E-state index is 6.23. The van der Waals surface area contributed by atoms with Crippen molar-refractivity contribution >= 4 is 11.3 Å². The summed E-state index contributed by atoms with van der Waals surface area (Å²) in [5.41, 5.74) is 7.55. The molecule has 0 bridgehead atoms. The average Bonchev–Trinajstić information content (AvgIpc) is 2.68. The highest BCUT2D eigenvalue weighted by molar-refractivity contribution is 7.12. The highest BCUT2D eigenvalue weighted by Crippen LogP contribution is 2.42. The summed E-state index contributed by atoms with van der Waals surface area (Å²) in [4.78, 5) is 6.24. The zero-order valence-electron chi connectivity index (χ0n) is 10.1. The van der Waals surface area contributed by atoms with Gasteiger partial charge in [0.2, 0.25) is 0 Å². The molecule has 0 spiro atoms. The summed E-state index contributed by atoms with van der Waals surface area (Å²) < 4.78 is 0. The van der Waals surface area contributed by atoms with Crippen molar-refractivity contribution in [3.05, 3.63) is 15.6 Å². The lowest BCUT2D eigenvalue weighted by Gasteiger charge is -2.21. The van der Waals surface area contributed by atoms with Gasteiger partial charge in [0.15, 0.2) is 0 Å². The summed E-state index contributed by atoms with van der Waals surface area (Å²) in [5, 5.41) is 1.11. The summed E-state index contributed by atoms with van der Waals surface area (Å²) in [5.74, 6) is 0. The van der Waals surface area contributed by atoms with E-state index in [9.17, 15) is 0 Å². The first kappa shape index (κ1) is 11.1. The molecule has 1 aromatic heterocycles. The van der Waals surface area contributed by atoms with E-state index in [4.69, 9.17) is 10.7 Å². The summed E-state index contributed by atoms with van der Waals surface area (Å²) in [7, 11) is 0. The van der Waals surface area contributed by atoms with Crippen molar-refractivity contribution in [2.45, 2.75) is 57.9 Å². The number of fused-ring (bicyclic) bond motifs is 1. The van der Waals surface area contributed by atoms with Crippen molar-refractivity contribution in [1.82, 2.24) is 4.98 Å². The van der Waals surface area contributed by atoms with Crippen molar-refractivity contribution in [2.24, 2.45) is 5.73 Å². The van der Waals surface area contributed by atoms with Crippen LogP contribution in [0.4, 0.5) is 0 Å². The molecule has 1 heterocycles. The lowest BCUT2D eigenvalue weighted by Crippen LogP contribution is -2.32. The van der Waals surface area contributed by atoms with Gasteiger partial charge in [0.25, 0.3) is 0 Å². The van der Waals surface area contributed by atoms with Gasteiger partial charge in [-0.2, -0.15) is 0 Å². The van der Waals surface area contributed by atoms with Crippen LogP contribution in [0.1, 0.15) is 56.1 Å². The summed E-state index contributed by atoms with van der Waals surface area (Å²) >= 11 is 1.82. The first-order valence-corrected chi connectivity index (χ1v) is 6.48. The molecule has 1 atom stereocenters. The molecule has 0 aliphatic heterocycles. The highest BCUT2D eigenvalue weighted by Gasteiger charge is 2.36. The predicted molar refractivity (Wildman–Crippen MR) is 65.3 cm³/mol. The first-order valence-electron chi connectivity index (χ1n) is 5.66. The van der Waals surface area contributed by atoms with Crippen molar-refractivity contribution in [3.63, 3.8) is 0 Å². The smallest absolute Gasteiger partial charge is 0.113 e. The van der Waals surface area contributed by atoms with Gasteiger partial charge in [-0.25, -0.2) is 4.98 Å². The van der Waals surface area contributed by atoms with Gasteiger partial charge in [0.05, 0.1) is 11.2 Å². The molecule has 0 radical (unpaired) electrons. The fourth-order valence-electron chi connectivity index (χ4n) is 1.99. The SMILES string of the molecule is CCC(C)(N)c1nc2c(s1)CCC2(C)C. The Bertz CT molecular complexity index is 377. The average molecular weight is 224 g/mol. The fourth-order valence-corrected chi connectivity index (χ4v) is 3.36. The lowest BCUT2D eigenvalue weighted by molar-refractivity contribution is 0.461. The van der Waals surface area contributed by atoms with Gasteiger partial charge < -0.3 is 5.73 Å². The maximum atomic E-state index is 6.23. The molecule has 1 unspecified atom stereocenters. The van der Waals surface area contributed by atoms with Crippen LogP contribution in [-0.4, -0.2) is 4.98 Å². The number of rotatable bonds is 2. The topological polar surface area (TPSA) is 38.9 Å². The van der Waals surface area contributed by atoms with Crippen LogP contribution in [0, 0.1) is 0 Å². The molecule has 2 nitrogen and oxygen atoms in total. The molecule has 2 N–H and O–H groups in total. The number of aryl methyl sites for hydroxylation is 1. The summed E-state index contributed by atoms with van der Waals surface area (Å²) in [6.07, 6.45) is 3.36. The van der Waals surface area contributed by atoms with Crippen LogP contribution >= 0.6 is 11.3 Å². The van der Waals surface area contributed by atoms with Crippen molar-refractivity contribution in [1.29, 1.82) is 0 Å². The largest absolute Gasteiger partial charge is 0.320 e. The molecule has 1 aliphatic carbocycles. The molecule has 1 aliphatic rings. The second kappa shape index (κ2) is 3.29. The van der Waals surface area contributed by atoms with E-state index in [0.717, 1.165) is 11.4 Å². The highest BCUT2D eigenvalue weighted by atomic mass is 32.1. The Kier molecular flexibility index (Phi) is 2.43. The Labute approximate surface area is 95.9 Å². The maximum Gasteiger partial charge on any atom is 0.113 e.